The van der Waals surface area contributed by atoms with E-state index in [1.807, 2.05) is 43.3 Å². The molecule has 0 aromatic heterocycles. The van der Waals surface area contributed by atoms with Gasteiger partial charge in [0.15, 0.2) is 0 Å². The molecule has 9 nitrogen and oxygen atoms in total. The molecule has 41 heavy (non-hydrogen) atoms. The number of nitrogens with one attached hydrogen (secondary N) is 3. The maximum absolute atomic E-state index is 13.4. The van der Waals surface area contributed by atoms with Gasteiger partial charge in [-0.25, -0.2) is 8.42 Å². The lowest BCUT2D eigenvalue weighted by Gasteiger charge is -2.34. The lowest BCUT2D eigenvalue weighted by Crippen LogP contribution is -2.58. The van der Waals surface area contributed by atoms with E-state index in [0.717, 1.165) is 57.1 Å². The fraction of sp³-hybridized carbons (Fsp3) is 0.323. The van der Waals surface area contributed by atoms with Crippen LogP contribution in [-0.4, -0.2) is 49.6 Å². The van der Waals surface area contributed by atoms with Gasteiger partial charge in [0, 0.05) is 25.7 Å². The van der Waals surface area contributed by atoms with Crippen molar-refractivity contribution < 1.29 is 22.8 Å². The maximum Gasteiger partial charge on any atom is 0.243 e. The van der Waals surface area contributed by atoms with Crippen LogP contribution in [0.4, 0.5) is 5.69 Å². The van der Waals surface area contributed by atoms with Crippen LogP contribution >= 0.6 is 0 Å². The second kappa shape index (κ2) is 11.8. The Labute approximate surface area is 240 Å². The minimum Gasteiger partial charge on any atom is -0.353 e. The van der Waals surface area contributed by atoms with Crippen molar-refractivity contribution >= 4 is 33.4 Å². The summed E-state index contributed by atoms with van der Waals surface area (Å²) < 4.78 is 28.0. The number of rotatable bonds is 7. The number of piperazine rings is 1. The zero-order valence-electron chi connectivity index (χ0n) is 23.1. The van der Waals surface area contributed by atoms with Crippen LogP contribution < -0.4 is 16.0 Å². The van der Waals surface area contributed by atoms with E-state index < -0.39 is 22.0 Å². The minimum atomic E-state index is -3.96. The van der Waals surface area contributed by atoms with Gasteiger partial charge in [0.25, 0.3) is 0 Å². The van der Waals surface area contributed by atoms with E-state index in [4.69, 9.17) is 0 Å². The molecule has 1 aliphatic carbocycles. The molecule has 3 aromatic carbocycles. The molecule has 0 radical (unpaired) electrons. The van der Waals surface area contributed by atoms with Crippen LogP contribution in [0, 0.1) is 6.92 Å². The first-order valence-electron chi connectivity index (χ1n) is 13.8. The summed E-state index contributed by atoms with van der Waals surface area (Å²) in [6.07, 6.45) is 2.23. The van der Waals surface area contributed by atoms with Gasteiger partial charge in [-0.3, -0.25) is 14.4 Å². The summed E-state index contributed by atoms with van der Waals surface area (Å²) in [5, 5.41) is 8.58. The molecular weight excluding hydrogens is 540 g/mol. The second-order valence-electron chi connectivity index (χ2n) is 10.6. The Morgan fingerprint density at radius 2 is 1.78 bits per heavy atom. The summed E-state index contributed by atoms with van der Waals surface area (Å²) in [6, 6.07) is 18.9. The van der Waals surface area contributed by atoms with E-state index in [9.17, 15) is 22.8 Å². The number of sulfonamides is 1. The van der Waals surface area contributed by atoms with Crippen molar-refractivity contribution in [1.29, 1.82) is 0 Å². The monoisotopic (exact) mass is 574 g/mol. The number of hydrogen-bond donors (Lipinski definition) is 3. The highest BCUT2D eigenvalue weighted by atomic mass is 32.2. The van der Waals surface area contributed by atoms with Crippen molar-refractivity contribution in [2.24, 2.45) is 0 Å². The fourth-order valence-corrected chi connectivity index (χ4v) is 7.16. The molecule has 1 saturated heterocycles. The highest BCUT2D eigenvalue weighted by Crippen LogP contribution is 2.34. The minimum absolute atomic E-state index is 0.0953. The molecule has 0 saturated carbocycles. The first-order valence-corrected chi connectivity index (χ1v) is 15.2. The molecule has 1 heterocycles. The van der Waals surface area contributed by atoms with Gasteiger partial charge in [0.1, 0.15) is 6.04 Å². The maximum atomic E-state index is 13.4. The molecule has 3 N–H and O–H groups in total. The average Bonchev–Trinajstić information content (AvgIpc) is 2.94. The molecule has 3 amide bonds. The van der Waals surface area contributed by atoms with E-state index in [1.165, 1.54) is 19.1 Å². The third-order valence-corrected chi connectivity index (χ3v) is 9.52. The molecule has 1 unspecified atom stereocenters. The number of amides is 3. The first-order chi connectivity index (χ1) is 19.6. The fourth-order valence-electron chi connectivity index (χ4n) is 5.57. The van der Waals surface area contributed by atoms with Gasteiger partial charge in [-0.05, 0) is 72.7 Å². The zero-order valence-corrected chi connectivity index (χ0v) is 24.0. The SMILES string of the molecule is CC(=O)Nc1cccc(-c2ccc3c(c2)CCC[C@H]3NC(=O)CC2C(=O)NCCN2S(=O)(=O)c2ccc(C)cc2)c1. The molecule has 214 valence electrons. The Balaban J connectivity index is 1.32. The van der Waals surface area contributed by atoms with Crippen LogP contribution in [0.5, 0.6) is 0 Å². The third kappa shape index (κ3) is 6.34. The molecule has 0 bridgehead atoms. The molecule has 2 atom stereocenters. The van der Waals surface area contributed by atoms with Crippen LogP contribution in [0.1, 0.15) is 48.9 Å². The number of fused-ring (bicyclic) bond motifs is 1. The summed E-state index contributed by atoms with van der Waals surface area (Å²) in [5.74, 6) is -0.980. The Bertz CT molecular complexity index is 1590. The standard InChI is InChI=1S/C31H34N4O5S/c1-20-9-12-26(13-10-20)41(39,40)35-16-15-32-31(38)29(35)19-30(37)34-28-8-4-6-24-17-23(11-14-27(24)28)22-5-3-7-25(18-22)33-21(2)36/h3,5,7,9-14,17-18,28-29H,4,6,8,15-16,19H2,1-2H3,(H,32,38)(H,33,36)(H,34,37)/t28-,29?/m1/s1. The number of carbonyl (C=O) groups is 3. The summed E-state index contributed by atoms with van der Waals surface area (Å²) in [6.45, 7) is 3.63. The van der Waals surface area contributed by atoms with Gasteiger partial charge in [-0.1, -0.05) is 48.0 Å². The van der Waals surface area contributed by atoms with Crippen molar-refractivity contribution in [3.8, 4) is 11.1 Å². The average molecular weight is 575 g/mol. The number of anilines is 1. The normalized spacial score (nSPS) is 19.1. The first kappa shape index (κ1) is 28.5. The smallest absolute Gasteiger partial charge is 0.243 e. The molecule has 5 rings (SSSR count). The second-order valence-corrected chi connectivity index (χ2v) is 12.5. The molecule has 3 aromatic rings. The van der Waals surface area contributed by atoms with Crippen LogP contribution in [-0.2, 0) is 30.8 Å². The molecular formula is C31H34N4O5S. The van der Waals surface area contributed by atoms with E-state index in [-0.39, 0.29) is 42.3 Å². The Morgan fingerprint density at radius 3 is 2.54 bits per heavy atom. The zero-order chi connectivity index (χ0) is 29.1. The Kier molecular flexibility index (Phi) is 8.23. The molecule has 1 fully saturated rings. The Morgan fingerprint density at radius 1 is 1.02 bits per heavy atom. The van der Waals surface area contributed by atoms with E-state index >= 15 is 0 Å². The Hall–Kier alpha value is -4.02. The van der Waals surface area contributed by atoms with Gasteiger partial charge in [0.05, 0.1) is 17.4 Å². The van der Waals surface area contributed by atoms with Crippen molar-refractivity contribution in [2.45, 2.75) is 56.5 Å². The quantitative estimate of drug-likeness (QED) is 0.397. The predicted octanol–water partition coefficient (Wildman–Crippen LogP) is 3.69. The molecule has 0 spiro atoms. The number of hydrogen-bond acceptors (Lipinski definition) is 5. The molecule has 10 heteroatoms. The molecule has 2 aliphatic rings. The van der Waals surface area contributed by atoms with Crippen molar-refractivity contribution in [3.63, 3.8) is 0 Å². The van der Waals surface area contributed by atoms with E-state index in [0.29, 0.717) is 0 Å². The lowest BCUT2D eigenvalue weighted by molar-refractivity contribution is -0.132. The highest BCUT2D eigenvalue weighted by Gasteiger charge is 2.40. The van der Waals surface area contributed by atoms with E-state index in [1.54, 1.807) is 12.1 Å². The topological polar surface area (TPSA) is 125 Å². The van der Waals surface area contributed by atoms with Crippen LogP contribution in [0.2, 0.25) is 0 Å². The van der Waals surface area contributed by atoms with Crippen molar-refractivity contribution in [2.75, 3.05) is 18.4 Å². The summed E-state index contributed by atoms with van der Waals surface area (Å²) >= 11 is 0. The van der Waals surface area contributed by atoms with E-state index in [2.05, 4.69) is 22.0 Å². The summed E-state index contributed by atoms with van der Waals surface area (Å²) in [4.78, 5) is 37.6. The lowest BCUT2D eigenvalue weighted by atomic mass is 9.85. The number of aryl methyl sites for hydroxylation is 2. The summed E-state index contributed by atoms with van der Waals surface area (Å²) in [5.41, 5.74) is 5.78. The van der Waals surface area contributed by atoms with Crippen LogP contribution in [0.25, 0.3) is 11.1 Å². The largest absolute Gasteiger partial charge is 0.353 e. The van der Waals surface area contributed by atoms with Gasteiger partial charge in [0.2, 0.25) is 27.7 Å². The number of nitrogens with zero attached hydrogens (tertiary/aromatic N) is 1. The van der Waals surface area contributed by atoms with Gasteiger partial charge in [-0.15, -0.1) is 0 Å². The number of benzene rings is 3. The molecule has 1 aliphatic heterocycles. The predicted molar refractivity (Wildman–Crippen MR) is 156 cm³/mol. The van der Waals surface area contributed by atoms with Crippen molar-refractivity contribution in [1.82, 2.24) is 14.9 Å². The van der Waals surface area contributed by atoms with Gasteiger partial charge < -0.3 is 16.0 Å². The van der Waals surface area contributed by atoms with Crippen LogP contribution in [0.15, 0.2) is 71.6 Å². The highest BCUT2D eigenvalue weighted by molar-refractivity contribution is 7.89. The van der Waals surface area contributed by atoms with Gasteiger partial charge >= 0.3 is 0 Å². The van der Waals surface area contributed by atoms with Gasteiger partial charge in [-0.2, -0.15) is 4.31 Å². The third-order valence-electron chi connectivity index (χ3n) is 7.60. The van der Waals surface area contributed by atoms with Crippen molar-refractivity contribution in [3.05, 3.63) is 83.4 Å². The van der Waals surface area contributed by atoms with Crippen LogP contribution in [0.3, 0.4) is 0 Å². The summed E-state index contributed by atoms with van der Waals surface area (Å²) in [7, 11) is -3.96. The number of carbonyl (C=O) groups excluding carboxylic acids is 3.